The molecule has 4 amide bonds. The molecule has 34 heavy (non-hydrogen) atoms. The number of fused-ring (bicyclic) bond motifs is 1. The van der Waals surface area contributed by atoms with E-state index < -0.39 is 17.8 Å². The molecular formula is C26H30N4O4. The second-order valence-corrected chi connectivity index (χ2v) is 9.45. The van der Waals surface area contributed by atoms with Gasteiger partial charge in [-0.3, -0.25) is 9.59 Å². The Balaban J connectivity index is 1.47. The van der Waals surface area contributed by atoms with Crippen LogP contribution >= 0.6 is 0 Å². The van der Waals surface area contributed by atoms with E-state index in [0.717, 1.165) is 16.9 Å². The zero-order valence-electron chi connectivity index (χ0n) is 20.1. The third kappa shape index (κ3) is 4.48. The van der Waals surface area contributed by atoms with Crippen LogP contribution in [0.25, 0.3) is 6.08 Å². The highest BCUT2D eigenvalue weighted by atomic mass is 16.5. The van der Waals surface area contributed by atoms with Crippen LogP contribution < -0.4 is 20.3 Å². The summed E-state index contributed by atoms with van der Waals surface area (Å²) in [5, 5.41) is 5.27. The Morgan fingerprint density at radius 1 is 1.21 bits per heavy atom. The van der Waals surface area contributed by atoms with Gasteiger partial charge in [-0.15, -0.1) is 0 Å². The van der Waals surface area contributed by atoms with Gasteiger partial charge in [-0.05, 0) is 79.8 Å². The van der Waals surface area contributed by atoms with Crippen LogP contribution in [0.4, 0.5) is 16.2 Å². The highest BCUT2D eigenvalue weighted by Crippen LogP contribution is 2.42. The number of benzene rings is 2. The molecule has 1 saturated heterocycles. The van der Waals surface area contributed by atoms with Gasteiger partial charge in [0, 0.05) is 24.0 Å². The smallest absolute Gasteiger partial charge is 0.329 e. The summed E-state index contributed by atoms with van der Waals surface area (Å²) in [7, 11) is 3.65. The molecule has 2 N–H and O–H groups in total. The average molecular weight is 463 g/mol. The summed E-state index contributed by atoms with van der Waals surface area (Å²) in [6.45, 7) is 6.29. The van der Waals surface area contributed by atoms with Crippen molar-refractivity contribution in [2.24, 2.45) is 0 Å². The van der Waals surface area contributed by atoms with Crippen LogP contribution in [-0.4, -0.2) is 49.0 Å². The van der Waals surface area contributed by atoms with Crippen LogP contribution in [0, 0.1) is 0 Å². The minimum Gasteiger partial charge on any atom is -0.497 e. The number of urea groups is 1. The van der Waals surface area contributed by atoms with Gasteiger partial charge < -0.3 is 20.3 Å². The second-order valence-electron chi connectivity index (χ2n) is 9.45. The lowest BCUT2D eigenvalue weighted by molar-refractivity contribution is -0.127. The Kier molecular flexibility index (Phi) is 6.08. The molecule has 8 nitrogen and oxygen atoms in total. The van der Waals surface area contributed by atoms with E-state index in [1.54, 1.807) is 37.5 Å². The minimum absolute atomic E-state index is 0.0642. The van der Waals surface area contributed by atoms with Crippen molar-refractivity contribution in [3.8, 4) is 5.75 Å². The van der Waals surface area contributed by atoms with Gasteiger partial charge in [-0.1, -0.05) is 13.0 Å². The van der Waals surface area contributed by atoms with Gasteiger partial charge in [-0.25, -0.2) is 9.69 Å². The Hall–Kier alpha value is -3.81. The van der Waals surface area contributed by atoms with E-state index in [9.17, 15) is 14.4 Å². The second kappa shape index (κ2) is 8.85. The van der Waals surface area contributed by atoms with Crippen molar-refractivity contribution in [2.45, 2.75) is 38.6 Å². The third-order valence-electron chi connectivity index (χ3n) is 6.61. The first kappa shape index (κ1) is 23.4. The topological polar surface area (TPSA) is 91.0 Å². The van der Waals surface area contributed by atoms with E-state index in [1.165, 1.54) is 11.3 Å². The summed E-state index contributed by atoms with van der Waals surface area (Å²) < 4.78 is 5.09. The molecule has 1 atom stereocenters. The van der Waals surface area contributed by atoms with Crippen LogP contribution in [0.2, 0.25) is 0 Å². The standard InChI is InChI=1S/C26H30N4O4/c1-16-14-26(2,3)29(4)22-11-6-17(12-20(16)22)13-21-24(32)30(25(33)28-21)15-23(31)27-18-7-9-19(34-5)10-8-18/h6-13,16H,14-15H2,1-5H3,(H,27,31)(H,28,33)/b21-13+. The van der Waals surface area contributed by atoms with E-state index in [2.05, 4.69) is 55.5 Å². The SMILES string of the molecule is COc1ccc(NC(=O)CN2C(=O)N/C(=C/c3ccc4c(c3)C(C)CC(C)(C)N4C)C2=O)cc1. The number of imide groups is 1. The largest absolute Gasteiger partial charge is 0.497 e. The molecule has 0 radical (unpaired) electrons. The van der Waals surface area contributed by atoms with Gasteiger partial charge in [0.25, 0.3) is 5.91 Å². The lowest BCUT2D eigenvalue weighted by Gasteiger charge is -2.45. The Morgan fingerprint density at radius 2 is 1.91 bits per heavy atom. The summed E-state index contributed by atoms with van der Waals surface area (Å²) in [4.78, 5) is 40.9. The molecule has 0 bridgehead atoms. The van der Waals surface area contributed by atoms with Crippen LogP contribution in [-0.2, 0) is 9.59 Å². The van der Waals surface area contributed by atoms with E-state index >= 15 is 0 Å². The molecule has 2 aliphatic heterocycles. The fourth-order valence-corrected chi connectivity index (χ4v) is 4.59. The molecule has 1 unspecified atom stereocenters. The molecule has 0 aromatic heterocycles. The van der Waals surface area contributed by atoms with Crippen LogP contribution in [0.5, 0.6) is 5.75 Å². The van der Waals surface area contributed by atoms with E-state index in [4.69, 9.17) is 4.74 Å². The molecule has 2 aromatic rings. The van der Waals surface area contributed by atoms with E-state index in [0.29, 0.717) is 17.4 Å². The van der Waals surface area contributed by atoms with Crippen molar-refractivity contribution >= 4 is 35.3 Å². The molecule has 2 heterocycles. The van der Waals surface area contributed by atoms with Gasteiger partial charge in [-0.2, -0.15) is 0 Å². The molecule has 2 aromatic carbocycles. The van der Waals surface area contributed by atoms with Gasteiger partial charge in [0.2, 0.25) is 5.91 Å². The van der Waals surface area contributed by atoms with Crippen LogP contribution in [0.1, 0.15) is 44.2 Å². The average Bonchev–Trinajstić information content (AvgIpc) is 3.05. The molecule has 2 aliphatic rings. The molecule has 1 fully saturated rings. The minimum atomic E-state index is -0.617. The Morgan fingerprint density at radius 3 is 2.59 bits per heavy atom. The van der Waals surface area contributed by atoms with Gasteiger partial charge in [0.1, 0.15) is 18.0 Å². The molecule has 0 saturated carbocycles. The van der Waals surface area contributed by atoms with E-state index in [-0.39, 0.29) is 17.8 Å². The zero-order valence-corrected chi connectivity index (χ0v) is 20.1. The normalized spacial score (nSPS) is 20.3. The zero-order chi connectivity index (χ0) is 24.6. The number of rotatable bonds is 5. The third-order valence-corrected chi connectivity index (χ3v) is 6.61. The number of carbonyl (C=O) groups is 3. The fourth-order valence-electron chi connectivity index (χ4n) is 4.59. The summed E-state index contributed by atoms with van der Waals surface area (Å²) in [5.74, 6) is 0.0300. The van der Waals surface area contributed by atoms with E-state index in [1.807, 2.05) is 6.07 Å². The molecule has 0 aliphatic carbocycles. The number of ether oxygens (including phenoxy) is 1. The van der Waals surface area contributed by atoms with Crippen molar-refractivity contribution < 1.29 is 19.1 Å². The predicted octanol–water partition coefficient (Wildman–Crippen LogP) is 3.95. The quantitative estimate of drug-likeness (QED) is 0.519. The van der Waals surface area contributed by atoms with Crippen molar-refractivity contribution in [2.75, 3.05) is 30.9 Å². The van der Waals surface area contributed by atoms with Crippen molar-refractivity contribution in [3.05, 3.63) is 59.3 Å². The molecule has 178 valence electrons. The van der Waals surface area contributed by atoms with Crippen molar-refractivity contribution in [3.63, 3.8) is 0 Å². The van der Waals surface area contributed by atoms with Crippen molar-refractivity contribution in [1.29, 1.82) is 0 Å². The lowest BCUT2D eigenvalue weighted by atomic mass is 9.80. The summed E-state index contributed by atoms with van der Waals surface area (Å²) in [6.07, 6.45) is 2.68. The number of carbonyl (C=O) groups excluding carboxylic acids is 3. The van der Waals surface area contributed by atoms with Crippen molar-refractivity contribution in [1.82, 2.24) is 10.2 Å². The fraction of sp³-hybridized carbons (Fsp3) is 0.346. The molecule has 4 rings (SSSR count). The first-order chi connectivity index (χ1) is 16.1. The number of anilines is 2. The monoisotopic (exact) mass is 462 g/mol. The lowest BCUT2D eigenvalue weighted by Crippen LogP contribution is -2.45. The number of nitrogens with one attached hydrogen (secondary N) is 2. The predicted molar refractivity (Wildman–Crippen MR) is 132 cm³/mol. The maximum absolute atomic E-state index is 12.9. The number of nitrogens with zero attached hydrogens (tertiary/aromatic N) is 2. The highest BCUT2D eigenvalue weighted by molar-refractivity contribution is 6.16. The molecular weight excluding hydrogens is 432 g/mol. The maximum Gasteiger partial charge on any atom is 0.329 e. The molecule has 0 spiro atoms. The summed E-state index contributed by atoms with van der Waals surface area (Å²) in [6, 6.07) is 12.2. The summed E-state index contributed by atoms with van der Waals surface area (Å²) in [5.41, 5.74) is 3.97. The number of amides is 4. The maximum atomic E-state index is 12.9. The van der Waals surface area contributed by atoms with Gasteiger partial charge in [0.15, 0.2) is 0 Å². The van der Waals surface area contributed by atoms with Crippen LogP contribution in [0.15, 0.2) is 48.2 Å². The van der Waals surface area contributed by atoms with Gasteiger partial charge in [0.05, 0.1) is 7.11 Å². The Labute approximate surface area is 199 Å². The number of hydrogen-bond donors (Lipinski definition) is 2. The highest BCUT2D eigenvalue weighted by Gasteiger charge is 2.36. The summed E-state index contributed by atoms with van der Waals surface area (Å²) >= 11 is 0. The molecule has 8 heteroatoms. The Bertz CT molecular complexity index is 1170. The van der Waals surface area contributed by atoms with Crippen LogP contribution in [0.3, 0.4) is 0 Å². The first-order valence-corrected chi connectivity index (χ1v) is 11.3. The first-order valence-electron chi connectivity index (χ1n) is 11.3. The number of hydrogen-bond acceptors (Lipinski definition) is 5. The van der Waals surface area contributed by atoms with Gasteiger partial charge >= 0.3 is 6.03 Å². The number of methoxy groups -OCH3 is 1.